The van der Waals surface area contributed by atoms with Crippen LogP contribution in [0.25, 0.3) is 0 Å². The van der Waals surface area contributed by atoms with Crippen LogP contribution in [0.4, 0.5) is 26.3 Å². The SMILES string of the molecule is O=S(=O)(C(CC(Br)CCCl)S(=O)(=O)C(F)(F)F)C(F)(F)F. The van der Waals surface area contributed by atoms with Crippen LogP contribution in [0.3, 0.4) is 0 Å². The monoisotopic (exact) mass is 448 g/mol. The van der Waals surface area contributed by atoms with Gasteiger partial charge in [-0.15, -0.1) is 11.6 Å². The van der Waals surface area contributed by atoms with E-state index in [9.17, 15) is 43.2 Å². The fourth-order valence-corrected chi connectivity index (χ4v) is 6.34. The lowest BCUT2D eigenvalue weighted by Gasteiger charge is -2.22. The van der Waals surface area contributed by atoms with E-state index in [-0.39, 0.29) is 12.3 Å². The maximum absolute atomic E-state index is 12.4. The molecule has 1 atom stereocenters. The van der Waals surface area contributed by atoms with Crippen molar-refractivity contribution in [3.05, 3.63) is 0 Å². The summed E-state index contributed by atoms with van der Waals surface area (Å²) in [4.78, 5) is -1.26. The Hall–Kier alpha value is 0.250. The summed E-state index contributed by atoms with van der Waals surface area (Å²) in [6, 6.07) is 0. The van der Waals surface area contributed by atoms with Crippen molar-refractivity contribution in [3.8, 4) is 0 Å². The Kier molecular flexibility index (Phi) is 6.87. The Morgan fingerprint density at radius 3 is 1.48 bits per heavy atom. The van der Waals surface area contributed by atoms with E-state index in [0.29, 0.717) is 0 Å². The summed E-state index contributed by atoms with van der Waals surface area (Å²) in [5.74, 6) is -0.221. The summed E-state index contributed by atoms with van der Waals surface area (Å²) in [6.07, 6.45) is -1.66. The van der Waals surface area contributed by atoms with Crippen LogP contribution in [0.5, 0.6) is 0 Å². The molecule has 0 aromatic heterocycles. The third kappa shape index (κ3) is 4.86. The minimum absolute atomic E-state index is 0.221. The van der Waals surface area contributed by atoms with Crippen molar-refractivity contribution in [2.24, 2.45) is 0 Å². The first-order valence-corrected chi connectivity index (χ1v) is 9.43. The number of sulfone groups is 2. The van der Waals surface area contributed by atoms with Crippen LogP contribution in [0.15, 0.2) is 0 Å². The van der Waals surface area contributed by atoms with Gasteiger partial charge < -0.3 is 0 Å². The minimum Gasteiger partial charge on any atom is -0.218 e. The van der Waals surface area contributed by atoms with E-state index < -0.39 is 46.5 Å². The van der Waals surface area contributed by atoms with Gasteiger partial charge in [-0.3, -0.25) is 0 Å². The lowest BCUT2D eigenvalue weighted by Crippen LogP contribution is -2.46. The van der Waals surface area contributed by atoms with E-state index in [2.05, 4.69) is 15.9 Å². The van der Waals surface area contributed by atoms with Gasteiger partial charge in [-0.25, -0.2) is 16.8 Å². The molecule has 0 aromatic rings. The van der Waals surface area contributed by atoms with E-state index in [1.54, 1.807) is 0 Å². The van der Waals surface area contributed by atoms with Gasteiger partial charge in [0.2, 0.25) is 0 Å². The van der Waals surface area contributed by atoms with Crippen molar-refractivity contribution in [3.63, 3.8) is 0 Å². The molecule has 0 radical (unpaired) electrons. The van der Waals surface area contributed by atoms with Crippen LogP contribution in [0.1, 0.15) is 12.8 Å². The summed E-state index contributed by atoms with van der Waals surface area (Å²) < 4.78 is 115. The number of rotatable bonds is 6. The van der Waals surface area contributed by atoms with Gasteiger partial charge in [0.1, 0.15) is 0 Å². The van der Waals surface area contributed by atoms with Gasteiger partial charge in [-0.05, 0) is 12.8 Å². The van der Waals surface area contributed by atoms with Gasteiger partial charge in [0.15, 0.2) is 4.58 Å². The number of halogens is 8. The second-order valence-corrected chi connectivity index (χ2v) is 9.94. The first-order valence-electron chi connectivity index (χ1n) is 4.89. The van der Waals surface area contributed by atoms with Crippen molar-refractivity contribution >= 4 is 47.2 Å². The van der Waals surface area contributed by atoms with Gasteiger partial charge in [0, 0.05) is 10.7 Å². The van der Waals surface area contributed by atoms with Crippen LogP contribution in [0, 0.1) is 0 Å². The zero-order valence-electron chi connectivity index (χ0n) is 9.75. The molecule has 0 spiro atoms. The molecule has 0 heterocycles. The summed E-state index contributed by atoms with van der Waals surface area (Å²) >= 11 is 7.82. The van der Waals surface area contributed by atoms with E-state index >= 15 is 0 Å². The molecule has 0 aliphatic carbocycles. The molecule has 0 saturated heterocycles. The number of hydrogen-bond acceptors (Lipinski definition) is 4. The van der Waals surface area contributed by atoms with E-state index in [1.165, 1.54) is 0 Å². The third-order valence-corrected chi connectivity index (χ3v) is 7.84. The Morgan fingerprint density at radius 2 is 1.24 bits per heavy atom. The molecule has 128 valence electrons. The molecular formula is C7H8BrClF6O4S2. The second-order valence-electron chi connectivity index (χ2n) is 3.72. The molecule has 0 N–H and O–H groups in total. The molecule has 4 nitrogen and oxygen atoms in total. The molecule has 0 bridgehead atoms. The summed E-state index contributed by atoms with van der Waals surface area (Å²) in [6.45, 7) is 0. The first kappa shape index (κ1) is 21.2. The van der Waals surface area contributed by atoms with Crippen molar-refractivity contribution in [1.29, 1.82) is 0 Å². The Morgan fingerprint density at radius 1 is 0.905 bits per heavy atom. The van der Waals surface area contributed by atoms with Crippen LogP contribution in [-0.2, 0) is 19.7 Å². The Bertz CT molecular complexity index is 511. The molecule has 0 fully saturated rings. The van der Waals surface area contributed by atoms with Crippen LogP contribution >= 0.6 is 27.5 Å². The quantitative estimate of drug-likeness (QED) is 0.462. The lowest BCUT2D eigenvalue weighted by atomic mass is 10.3. The fourth-order valence-electron chi connectivity index (χ4n) is 1.16. The highest BCUT2D eigenvalue weighted by molar-refractivity contribution is 9.09. The van der Waals surface area contributed by atoms with Crippen molar-refractivity contribution in [2.75, 3.05) is 5.88 Å². The van der Waals surface area contributed by atoms with Crippen LogP contribution in [0.2, 0.25) is 0 Å². The third-order valence-electron chi connectivity index (χ3n) is 2.21. The van der Waals surface area contributed by atoms with E-state index in [4.69, 9.17) is 11.6 Å². The zero-order chi connectivity index (χ0) is 17.3. The van der Waals surface area contributed by atoms with Crippen molar-refractivity contribution in [2.45, 2.75) is 33.3 Å². The maximum Gasteiger partial charge on any atom is 0.498 e. The molecule has 1 unspecified atom stereocenters. The molecule has 0 saturated carbocycles. The van der Waals surface area contributed by atoms with Gasteiger partial charge in [0.05, 0.1) is 0 Å². The average molecular weight is 450 g/mol. The number of alkyl halides is 8. The van der Waals surface area contributed by atoms with Gasteiger partial charge in [-0.1, -0.05) is 15.9 Å². The van der Waals surface area contributed by atoms with Crippen molar-refractivity contribution in [1.82, 2.24) is 0 Å². The average Bonchev–Trinajstić information content (AvgIpc) is 2.22. The Balaban J connectivity index is 5.97. The highest BCUT2D eigenvalue weighted by atomic mass is 79.9. The molecular weight excluding hydrogens is 442 g/mol. The standard InChI is InChI=1S/C7H8BrClF6O4S2/c8-4(1-2-9)3-5(20(16,17)6(10,11)12)21(18,19)7(13,14)15/h4-5H,1-3H2. The predicted octanol–water partition coefficient (Wildman–Crippen LogP) is 2.96. The van der Waals surface area contributed by atoms with Gasteiger partial charge >= 0.3 is 11.0 Å². The normalized spacial score (nSPS) is 16.2. The lowest BCUT2D eigenvalue weighted by molar-refractivity contribution is -0.0472. The first-order chi connectivity index (χ1) is 9.09. The zero-order valence-corrected chi connectivity index (χ0v) is 13.7. The highest BCUT2D eigenvalue weighted by Crippen LogP contribution is 2.39. The maximum atomic E-state index is 12.4. The van der Waals surface area contributed by atoms with E-state index in [0.717, 1.165) is 0 Å². The summed E-state index contributed by atoms with van der Waals surface area (Å²) in [5.41, 5.74) is -12.3. The van der Waals surface area contributed by atoms with E-state index in [1.807, 2.05) is 0 Å². The highest BCUT2D eigenvalue weighted by Gasteiger charge is 2.62. The molecule has 0 aromatic carbocycles. The molecule has 0 aliphatic heterocycles. The number of hydrogen-bond donors (Lipinski definition) is 0. The van der Waals surface area contributed by atoms with Gasteiger partial charge in [-0.2, -0.15) is 26.3 Å². The summed E-state index contributed by atoms with van der Waals surface area (Å²) in [5, 5.41) is 0. The van der Waals surface area contributed by atoms with Crippen LogP contribution in [-0.4, -0.2) is 43.1 Å². The minimum atomic E-state index is -6.57. The summed E-state index contributed by atoms with van der Waals surface area (Å²) in [7, 11) is -13.1. The molecule has 21 heavy (non-hydrogen) atoms. The second kappa shape index (κ2) is 6.79. The largest absolute Gasteiger partial charge is 0.498 e. The van der Waals surface area contributed by atoms with Crippen molar-refractivity contribution < 1.29 is 43.2 Å². The fraction of sp³-hybridized carbons (Fsp3) is 1.00. The Labute approximate surface area is 129 Å². The predicted molar refractivity (Wildman–Crippen MR) is 66.4 cm³/mol. The smallest absolute Gasteiger partial charge is 0.218 e. The van der Waals surface area contributed by atoms with Gasteiger partial charge in [0.25, 0.3) is 19.7 Å². The molecule has 0 rings (SSSR count). The molecule has 14 heteroatoms. The molecule has 0 aliphatic rings. The van der Waals surface area contributed by atoms with Crippen LogP contribution < -0.4 is 0 Å². The topological polar surface area (TPSA) is 68.3 Å². The molecule has 0 amide bonds.